The molecule has 1 amide bonds. The van der Waals surface area contributed by atoms with Crippen molar-refractivity contribution in [1.82, 2.24) is 4.90 Å². The molecule has 92 valence electrons. The van der Waals surface area contributed by atoms with Crippen LogP contribution >= 0.6 is 0 Å². The number of aliphatic hydroxyl groups excluding tert-OH is 1. The van der Waals surface area contributed by atoms with Crippen LogP contribution in [-0.4, -0.2) is 59.9 Å². The largest absolute Gasteiger partial charge is 0.479 e. The van der Waals surface area contributed by atoms with Gasteiger partial charge in [-0.25, -0.2) is 18.4 Å². The van der Waals surface area contributed by atoms with Gasteiger partial charge in [-0.1, -0.05) is 0 Å². The lowest BCUT2D eigenvalue weighted by Crippen LogP contribution is -2.39. The number of hydrogen-bond acceptors (Lipinski definition) is 5. The molecular formula is C7H12N2O6S. The van der Waals surface area contributed by atoms with Gasteiger partial charge in [0.05, 0.1) is 6.54 Å². The lowest BCUT2D eigenvalue weighted by Gasteiger charge is -2.17. The van der Waals surface area contributed by atoms with Gasteiger partial charge in [0.25, 0.3) is 0 Å². The molecule has 9 heteroatoms. The molecule has 0 bridgehead atoms. The third-order valence-corrected chi connectivity index (χ3v) is 3.57. The van der Waals surface area contributed by atoms with Crippen LogP contribution in [0.15, 0.2) is 0 Å². The number of nitrogens with two attached hydrogens (primary N) is 1. The summed E-state index contributed by atoms with van der Waals surface area (Å²) in [5.74, 6) is -1.99. The molecule has 0 radical (unpaired) electrons. The molecular weight excluding hydrogens is 240 g/mol. The Morgan fingerprint density at radius 3 is 2.56 bits per heavy atom. The highest BCUT2D eigenvalue weighted by Gasteiger charge is 2.37. The first kappa shape index (κ1) is 12.9. The van der Waals surface area contributed by atoms with E-state index in [1.807, 2.05) is 0 Å². The normalized spacial score (nSPS) is 23.5. The number of carbonyl (C=O) groups is 2. The summed E-state index contributed by atoms with van der Waals surface area (Å²) in [5.41, 5.74) is 0. The number of rotatable bonds is 4. The lowest BCUT2D eigenvalue weighted by atomic mass is 10.3. The minimum absolute atomic E-state index is 0.179. The molecule has 0 spiro atoms. The second-order valence-corrected chi connectivity index (χ2v) is 5.41. The highest BCUT2D eigenvalue weighted by molar-refractivity contribution is 7.89. The molecule has 1 rings (SSSR count). The van der Waals surface area contributed by atoms with Gasteiger partial charge in [-0.15, -0.1) is 0 Å². The third kappa shape index (κ3) is 2.90. The molecule has 1 saturated heterocycles. The average molecular weight is 252 g/mol. The van der Waals surface area contributed by atoms with E-state index in [0.29, 0.717) is 0 Å². The maximum absolute atomic E-state index is 11.3. The molecule has 16 heavy (non-hydrogen) atoms. The predicted molar refractivity (Wildman–Crippen MR) is 51.7 cm³/mol. The Hall–Kier alpha value is -1.19. The Morgan fingerprint density at radius 1 is 1.62 bits per heavy atom. The standard InChI is InChI=1S/C7H12N2O6S/c8-16(14,15)4-1-6(11)9(2-4)3-5(10)7(12)13/h4-5,10H,1-3H2,(H,12,13)(H2,8,14,15). The summed E-state index contributed by atoms with van der Waals surface area (Å²) in [7, 11) is -3.82. The van der Waals surface area contributed by atoms with E-state index in [2.05, 4.69) is 0 Å². The van der Waals surface area contributed by atoms with Crippen LogP contribution in [0.5, 0.6) is 0 Å². The Morgan fingerprint density at radius 2 is 2.19 bits per heavy atom. The number of carboxylic acid groups (broad SMARTS) is 1. The summed E-state index contributed by atoms with van der Waals surface area (Å²) in [6.45, 7) is -0.609. The van der Waals surface area contributed by atoms with Crippen molar-refractivity contribution < 1.29 is 28.2 Å². The van der Waals surface area contributed by atoms with Crippen molar-refractivity contribution in [1.29, 1.82) is 0 Å². The van der Waals surface area contributed by atoms with Gasteiger partial charge in [-0.3, -0.25) is 4.79 Å². The Bertz CT molecular complexity index is 405. The summed E-state index contributed by atoms with van der Waals surface area (Å²) in [6, 6.07) is 0. The monoisotopic (exact) mass is 252 g/mol. The van der Waals surface area contributed by atoms with Crippen LogP contribution in [0.2, 0.25) is 0 Å². The maximum Gasteiger partial charge on any atom is 0.334 e. The first-order chi connectivity index (χ1) is 7.21. The zero-order chi connectivity index (χ0) is 12.5. The fourth-order valence-corrected chi connectivity index (χ4v) is 2.18. The number of aliphatic hydroxyl groups is 1. The Kier molecular flexibility index (Phi) is 3.51. The number of hydrogen-bond donors (Lipinski definition) is 3. The second-order valence-electron chi connectivity index (χ2n) is 3.57. The smallest absolute Gasteiger partial charge is 0.334 e. The highest BCUT2D eigenvalue weighted by atomic mass is 32.2. The molecule has 8 nitrogen and oxygen atoms in total. The Labute approximate surface area is 91.7 Å². The minimum Gasteiger partial charge on any atom is -0.479 e. The van der Waals surface area contributed by atoms with Crippen molar-refractivity contribution in [2.24, 2.45) is 5.14 Å². The Balaban J connectivity index is 2.66. The summed E-state index contributed by atoms with van der Waals surface area (Å²) in [4.78, 5) is 22.6. The van der Waals surface area contributed by atoms with Crippen LogP contribution in [0.25, 0.3) is 0 Å². The lowest BCUT2D eigenvalue weighted by molar-refractivity contribution is -0.148. The molecule has 1 heterocycles. The van der Waals surface area contributed by atoms with Gasteiger partial charge in [0.15, 0.2) is 6.10 Å². The minimum atomic E-state index is -3.82. The van der Waals surface area contributed by atoms with Crippen LogP contribution in [0.1, 0.15) is 6.42 Å². The first-order valence-electron chi connectivity index (χ1n) is 4.42. The molecule has 0 saturated carbocycles. The number of nitrogens with zero attached hydrogens (tertiary/aromatic N) is 1. The number of carboxylic acids is 1. The van der Waals surface area contributed by atoms with Crippen LogP contribution in [-0.2, 0) is 19.6 Å². The summed E-state index contributed by atoms with van der Waals surface area (Å²) in [5, 5.41) is 21.3. The number of carbonyl (C=O) groups excluding carboxylic acids is 1. The number of primary sulfonamides is 1. The van der Waals surface area contributed by atoms with E-state index in [1.54, 1.807) is 0 Å². The van der Waals surface area contributed by atoms with E-state index in [4.69, 9.17) is 15.4 Å². The van der Waals surface area contributed by atoms with Crippen molar-refractivity contribution in [3.63, 3.8) is 0 Å². The second kappa shape index (κ2) is 4.36. The quantitative estimate of drug-likeness (QED) is 0.498. The summed E-state index contributed by atoms with van der Waals surface area (Å²) < 4.78 is 21.9. The number of sulfonamides is 1. The van der Waals surface area contributed by atoms with E-state index in [-0.39, 0.29) is 13.0 Å². The van der Waals surface area contributed by atoms with Crippen molar-refractivity contribution in [2.75, 3.05) is 13.1 Å². The number of amides is 1. The van der Waals surface area contributed by atoms with E-state index in [1.165, 1.54) is 0 Å². The van der Waals surface area contributed by atoms with E-state index in [0.717, 1.165) is 4.90 Å². The maximum atomic E-state index is 11.3. The van der Waals surface area contributed by atoms with Crippen LogP contribution < -0.4 is 5.14 Å². The zero-order valence-corrected chi connectivity index (χ0v) is 9.05. The fourth-order valence-electron chi connectivity index (χ4n) is 1.42. The molecule has 4 N–H and O–H groups in total. The molecule has 0 aliphatic carbocycles. The first-order valence-corrected chi connectivity index (χ1v) is 6.03. The van der Waals surface area contributed by atoms with E-state index in [9.17, 15) is 18.0 Å². The molecule has 2 atom stereocenters. The molecule has 0 aromatic rings. The van der Waals surface area contributed by atoms with Crippen LogP contribution in [0.3, 0.4) is 0 Å². The van der Waals surface area contributed by atoms with Gasteiger partial charge in [-0.2, -0.15) is 0 Å². The van der Waals surface area contributed by atoms with Gasteiger partial charge in [-0.05, 0) is 0 Å². The van der Waals surface area contributed by atoms with Crippen LogP contribution in [0.4, 0.5) is 0 Å². The molecule has 1 fully saturated rings. The van der Waals surface area contributed by atoms with E-state index >= 15 is 0 Å². The molecule has 2 unspecified atom stereocenters. The summed E-state index contributed by atoms with van der Waals surface area (Å²) >= 11 is 0. The van der Waals surface area contributed by atoms with Gasteiger partial charge in [0.1, 0.15) is 5.25 Å². The fraction of sp³-hybridized carbons (Fsp3) is 0.714. The van der Waals surface area contributed by atoms with Crippen molar-refractivity contribution >= 4 is 21.9 Å². The van der Waals surface area contributed by atoms with Gasteiger partial charge in [0, 0.05) is 13.0 Å². The zero-order valence-electron chi connectivity index (χ0n) is 8.24. The number of aliphatic carboxylic acids is 1. The number of β-amino-alcohol motifs (C(OH)–C–C–N with tert-alkyl or cyclic N) is 1. The molecule has 1 aliphatic rings. The van der Waals surface area contributed by atoms with E-state index < -0.39 is 39.8 Å². The number of likely N-dealkylation sites (tertiary alicyclic amines) is 1. The van der Waals surface area contributed by atoms with Crippen molar-refractivity contribution in [3.05, 3.63) is 0 Å². The topological polar surface area (TPSA) is 138 Å². The molecule has 0 aromatic carbocycles. The third-order valence-electron chi connectivity index (χ3n) is 2.32. The average Bonchev–Trinajstić information content (AvgIpc) is 2.47. The molecule has 1 aliphatic heterocycles. The van der Waals surface area contributed by atoms with Gasteiger partial charge < -0.3 is 15.1 Å². The predicted octanol–water partition coefficient (Wildman–Crippen LogP) is -2.68. The summed E-state index contributed by atoms with van der Waals surface area (Å²) in [6.07, 6.45) is -1.99. The van der Waals surface area contributed by atoms with Crippen molar-refractivity contribution in [3.8, 4) is 0 Å². The highest BCUT2D eigenvalue weighted by Crippen LogP contribution is 2.16. The van der Waals surface area contributed by atoms with Crippen LogP contribution in [0, 0.1) is 0 Å². The molecule has 0 aromatic heterocycles. The van der Waals surface area contributed by atoms with Gasteiger partial charge >= 0.3 is 5.97 Å². The van der Waals surface area contributed by atoms with Gasteiger partial charge in [0.2, 0.25) is 15.9 Å². The SMILES string of the molecule is NS(=O)(=O)C1CC(=O)N(CC(O)C(=O)O)C1. The van der Waals surface area contributed by atoms with Crippen molar-refractivity contribution in [2.45, 2.75) is 17.8 Å².